The number of hydrogen-bond donors (Lipinski definition) is 1. The molecule has 386 valence electrons. The number of aryl methyl sites for hydroxylation is 1. The van der Waals surface area contributed by atoms with Crippen molar-refractivity contribution < 1.29 is 42.7 Å². The van der Waals surface area contributed by atoms with Crippen LogP contribution in [0.1, 0.15) is 71.8 Å². The Morgan fingerprint density at radius 2 is 1.67 bits per heavy atom. The topological polar surface area (TPSA) is 151 Å². The van der Waals surface area contributed by atoms with Gasteiger partial charge in [-0.05, 0) is 123 Å². The number of ether oxygens (including phenoxy) is 6. The summed E-state index contributed by atoms with van der Waals surface area (Å²) in [4.78, 5) is 38.4. The number of aromatic nitrogens is 4. The van der Waals surface area contributed by atoms with Crippen molar-refractivity contribution in [2.24, 2.45) is 5.92 Å². The average Bonchev–Trinajstić information content (AvgIpc) is 3.79. The van der Waals surface area contributed by atoms with Crippen molar-refractivity contribution in [2.75, 3.05) is 72.8 Å². The summed E-state index contributed by atoms with van der Waals surface area (Å²) in [6.45, 7) is 11.4. The summed E-state index contributed by atoms with van der Waals surface area (Å²) in [5.74, 6) is 0.914. The Morgan fingerprint density at radius 3 is 2.41 bits per heavy atom. The number of aliphatic carboxylic acids is 1. The third-order valence-corrected chi connectivity index (χ3v) is 16.7. The molecular weight excluding hydrogens is 995 g/mol. The highest BCUT2D eigenvalue weighted by atomic mass is 35.5. The van der Waals surface area contributed by atoms with Gasteiger partial charge in [-0.2, -0.15) is 0 Å². The molecule has 18 heteroatoms. The predicted molar refractivity (Wildman–Crippen MR) is 279 cm³/mol. The van der Waals surface area contributed by atoms with Crippen LogP contribution in [0.3, 0.4) is 0 Å². The van der Waals surface area contributed by atoms with Gasteiger partial charge in [0.25, 0.3) is 0 Å². The Bertz CT molecular complexity index is 2880. The van der Waals surface area contributed by atoms with E-state index < -0.39 is 12.1 Å². The zero-order valence-electron chi connectivity index (χ0n) is 41.4. The van der Waals surface area contributed by atoms with Gasteiger partial charge in [-0.25, -0.2) is 29.1 Å². The molecule has 3 aromatic carbocycles. The van der Waals surface area contributed by atoms with Gasteiger partial charge in [0.1, 0.15) is 47.4 Å². The summed E-state index contributed by atoms with van der Waals surface area (Å²) in [5.41, 5.74) is 5.79. The molecule has 4 bridgehead atoms. The Labute approximate surface area is 439 Å². The van der Waals surface area contributed by atoms with Gasteiger partial charge in [0.05, 0.1) is 47.6 Å². The molecule has 4 aliphatic heterocycles. The van der Waals surface area contributed by atoms with Crippen molar-refractivity contribution >= 4 is 50.7 Å². The number of carboxylic acids is 1. The van der Waals surface area contributed by atoms with Gasteiger partial charge in [-0.3, -0.25) is 4.90 Å². The quantitative estimate of drug-likeness (QED) is 0.124. The van der Waals surface area contributed by atoms with Crippen LogP contribution in [0.5, 0.6) is 17.4 Å². The fraction of sp³-hybridized carbons (Fsp3) is 0.473. The molecule has 14 nitrogen and oxygen atoms in total. The number of thiophene rings is 1. The van der Waals surface area contributed by atoms with Crippen LogP contribution in [0.15, 0.2) is 61.1 Å². The normalized spacial score (nSPS) is 22.1. The molecular formula is C55H61Cl2FN6O8S. The SMILES string of the molecule is Cc1c(Cl)c2c(Cl)c(C)c1-c1c(-c3ccc(F)cc3)sc3ncnc(c13)O[C@@H](C(=O)O)Cc1cc(ccc1OCc1ccnc(C3CCC(COC[C@@H]4COCCO4)CC3)n1)CC[C@@H](CN1CCN(C)CC1)O2. The Hall–Kier alpha value is -5.04. The second kappa shape index (κ2) is 23.2. The van der Waals surface area contributed by atoms with Gasteiger partial charge < -0.3 is 38.4 Å². The number of carboxylic acid groups (broad SMARTS) is 1. The molecule has 1 aliphatic carbocycles. The van der Waals surface area contributed by atoms with E-state index in [1.165, 1.54) is 29.8 Å². The molecule has 3 fully saturated rings. The average molecular weight is 1060 g/mol. The molecule has 7 heterocycles. The lowest BCUT2D eigenvalue weighted by atomic mass is 9.82. The zero-order valence-corrected chi connectivity index (χ0v) is 43.7. The van der Waals surface area contributed by atoms with E-state index in [1.54, 1.807) is 18.3 Å². The smallest absolute Gasteiger partial charge is 0.345 e. The predicted octanol–water partition coefficient (Wildman–Crippen LogP) is 10.2. The van der Waals surface area contributed by atoms with E-state index in [2.05, 4.69) is 26.8 Å². The van der Waals surface area contributed by atoms with Crippen molar-refractivity contribution in [3.63, 3.8) is 0 Å². The summed E-state index contributed by atoms with van der Waals surface area (Å²) in [5, 5.41) is 12.2. The number of hydrogen-bond acceptors (Lipinski definition) is 14. The summed E-state index contributed by atoms with van der Waals surface area (Å²) >= 11 is 16.1. The van der Waals surface area contributed by atoms with E-state index in [-0.39, 0.29) is 42.9 Å². The van der Waals surface area contributed by atoms with Gasteiger partial charge >= 0.3 is 5.97 Å². The molecule has 3 aromatic heterocycles. The lowest BCUT2D eigenvalue weighted by molar-refractivity contribution is -0.145. The van der Waals surface area contributed by atoms with Gasteiger partial charge in [0, 0.05) is 68.3 Å². The number of benzene rings is 3. The van der Waals surface area contributed by atoms with Gasteiger partial charge in [-0.1, -0.05) is 47.5 Å². The lowest BCUT2D eigenvalue weighted by Gasteiger charge is -2.35. The van der Waals surface area contributed by atoms with E-state index in [0.717, 1.165) is 73.8 Å². The summed E-state index contributed by atoms with van der Waals surface area (Å²) in [6.07, 6.45) is 6.60. The summed E-state index contributed by atoms with van der Waals surface area (Å²) in [7, 11) is 2.13. The van der Waals surface area contributed by atoms with E-state index >= 15 is 0 Å². The molecule has 0 radical (unpaired) electrons. The van der Waals surface area contributed by atoms with E-state index in [9.17, 15) is 14.3 Å². The number of piperazine rings is 1. The van der Waals surface area contributed by atoms with Crippen molar-refractivity contribution in [2.45, 2.75) is 89.6 Å². The van der Waals surface area contributed by atoms with Gasteiger partial charge in [0.2, 0.25) is 12.0 Å². The van der Waals surface area contributed by atoms with Crippen molar-refractivity contribution in [1.29, 1.82) is 0 Å². The minimum Gasteiger partial charge on any atom is -0.487 e. The van der Waals surface area contributed by atoms with Crippen LogP contribution in [0.2, 0.25) is 10.0 Å². The van der Waals surface area contributed by atoms with Crippen LogP contribution in [-0.2, 0) is 38.5 Å². The Kier molecular flexibility index (Phi) is 16.4. The molecule has 73 heavy (non-hydrogen) atoms. The third-order valence-electron chi connectivity index (χ3n) is 14.6. The van der Waals surface area contributed by atoms with Crippen LogP contribution in [0.4, 0.5) is 4.39 Å². The second-order valence-electron chi connectivity index (χ2n) is 19.7. The molecule has 1 N–H and O–H groups in total. The molecule has 2 saturated heterocycles. The van der Waals surface area contributed by atoms with Crippen molar-refractivity contribution in [3.05, 3.63) is 111 Å². The number of nitrogens with zero attached hydrogens (tertiary/aromatic N) is 6. The van der Waals surface area contributed by atoms with Crippen molar-refractivity contribution in [3.8, 4) is 38.9 Å². The fourth-order valence-electron chi connectivity index (χ4n) is 10.5. The van der Waals surface area contributed by atoms with E-state index in [0.29, 0.717) is 123 Å². The fourth-order valence-corrected chi connectivity index (χ4v) is 12.1. The molecule has 0 amide bonds. The number of rotatable bonds is 12. The Balaban J connectivity index is 0.968. The monoisotopic (exact) mass is 1050 g/mol. The largest absolute Gasteiger partial charge is 0.487 e. The number of likely N-dealkylation sites (N-methyl/N-ethyl adjacent to an activating group) is 1. The van der Waals surface area contributed by atoms with Gasteiger partial charge in [-0.15, -0.1) is 11.3 Å². The first-order chi connectivity index (χ1) is 35.4. The maximum absolute atomic E-state index is 14.4. The van der Waals surface area contributed by atoms with Crippen LogP contribution < -0.4 is 14.2 Å². The highest BCUT2D eigenvalue weighted by molar-refractivity contribution is 7.22. The molecule has 5 aliphatic rings. The van der Waals surface area contributed by atoms with E-state index in [4.69, 9.17) is 61.6 Å². The summed E-state index contributed by atoms with van der Waals surface area (Å²) in [6, 6.07) is 14.0. The standard InChI is InChI=1S/C55H61Cl2FN6O8S/c1-32-45-33(2)49(57)50(48(32)56)71-41(26-64-20-18-63(3)19-21-64)14-6-34-7-15-43(70-28-40-16-17-59-52(62-40)37-8-4-35(5-9-37)27-68-30-42-29-67-22-23-69-42)38(24-34)25-44(55(65)66)72-53-47-46(45)51(73-54(47)61-31-60-53)36-10-12-39(58)13-11-36/h7,10-13,15-17,24,31,35,37,41-42,44H,4-6,8-9,14,18-23,25-30H2,1-3H3,(H,65,66)/t35?,37?,41-,42-,44+/m0/s1. The number of fused-ring (bicyclic) bond motifs is 7. The second-order valence-corrected chi connectivity index (χ2v) is 21.5. The van der Waals surface area contributed by atoms with Crippen molar-refractivity contribution in [1.82, 2.24) is 29.7 Å². The number of carbonyl (C=O) groups is 1. The van der Waals surface area contributed by atoms with Crippen LogP contribution in [-0.4, -0.2) is 132 Å². The van der Waals surface area contributed by atoms with Gasteiger partial charge in [0.15, 0.2) is 5.75 Å². The molecule has 0 unspecified atom stereocenters. The maximum Gasteiger partial charge on any atom is 0.345 e. The lowest BCUT2D eigenvalue weighted by Crippen LogP contribution is -2.48. The molecule has 1 saturated carbocycles. The zero-order chi connectivity index (χ0) is 50.6. The molecule has 3 atom stereocenters. The maximum atomic E-state index is 14.4. The molecule has 0 spiro atoms. The highest BCUT2D eigenvalue weighted by Crippen LogP contribution is 2.53. The molecule has 6 aromatic rings. The minimum atomic E-state index is -1.40. The van der Waals surface area contributed by atoms with E-state index in [1.807, 2.05) is 38.1 Å². The van der Waals surface area contributed by atoms with Crippen LogP contribution in [0, 0.1) is 25.6 Å². The first kappa shape index (κ1) is 51.4. The first-order valence-electron chi connectivity index (χ1n) is 25.3. The van der Waals surface area contributed by atoms with Crippen LogP contribution in [0.25, 0.3) is 31.8 Å². The van der Waals surface area contributed by atoms with Crippen LogP contribution >= 0.6 is 34.5 Å². The minimum absolute atomic E-state index is 0.00203. The number of halogens is 3. The Morgan fingerprint density at radius 1 is 0.890 bits per heavy atom. The third kappa shape index (κ3) is 11.9. The first-order valence-corrected chi connectivity index (χ1v) is 26.8. The molecule has 11 rings (SSSR count). The summed E-state index contributed by atoms with van der Waals surface area (Å²) < 4.78 is 51.9. The highest BCUT2D eigenvalue weighted by Gasteiger charge is 2.33.